The maximum atomic E-state index is 13.8. The summed E-state index contributed by atoms with van der Waals surface area (Å²) < 4.78 is 39.9. The summed E-state index contributed by atoms with van der Waals surface area (Å²) in [6, 6.07) is 11.3. The molecule has 2 rings (SSSR count). The average Bonchev–Trinajstić information content (AvgIpc) is 2.38. The maximum absolute atomic E-state index is 13.8. The van der Waals surface area contributed by atoms with Gasteiger partial charge in [-0.1, -0.05) is 35.9 Å². The molecule has 0 saturated carbocycles. The van der Waals surface area contributed by atoms with Crippen molar-refractivity contribution in [3.05, 3.63) is 59.4 Å². The van der Waals surface area contributed by atoms with E-state index < -0.39 is 20.7 Å². The number of hydrogen-bond acceptors (Lipinski definition) is 3. The molecule has 0 aliphatic carbocycles. The van der Waals surface area contributed by atoms with E-state index in [4.69, 9.17) is 5.73 Å². The van der Waals surface area contributed by atoms with Crippen molar-refractivity contribution in [2.75, 3.05) is 12.8 Å². The molecule has 0 aliphatic rings. The predicted octanol–water partition coefficient (Wildman–Crippen LogP) is 2.54. The Kier molecular flexibility index (Phi) is 4.29. The molecule has 0 saturated heterocycles. The number of benzene rings is 2. The van der Waals surface area contributed by atoms with Crippen LogP contribution in [0.2, 0.25) is 0 Å². The fraction of sp³-hybridized carbons (Fsp3) is 0.200. The number of sulfonamides is 1. The monoisotopic (exact) mass is 308 g/mol. The zero-order valence-corrected chi connectivity index (χ0v) is 12.7. The van der Waals surface area contributed by atoms with Crippen molar-refractivity contribution in [2.24, 2.45) is 0 Å². The summed E-state index contributed by atoms with van der Waals surface area (Å²) in [5.41, 5.74) is 7.39. The molecule has 0 spiro atoms. The fourth-order valence-electron chi connectivity index (χ4n) is 2.11. The van der Waals surface area contributed by atoms with Gasteiger partial charge >= 0.3 is 0 Å². The summed E-state index contributed by atoms with van der Waals surface area (Å²) in [6.07, 6.45) is 0. The number of nitrogens with zero attached hydrogens (tertiary/aromatic N) is 1. The highest BCUT2D eigenvalue weighted by Crippen LogP contribution is 2.25. The maximum Gasteiger partial charge on any atom is 0.248 e. The number of hydrogen-bond donors (Lipinski definition) is 1. The molecule has 0 amide bonds. The molecule has 0 heterocycles. The molecule has 6 heteroatoms. The van der Waals surface area contributed by atoms with E-state index in [0.29, 0.717) is 0 Å². The minimum absolute atomic E-state index is 0.0916. The van der Waals surface area contributed by atoms with Gasteiger partial charge in [-0.3, -0.25) is 0 Å². The quantitative estimate of drug-likeness (QED) is 0.883. The first kappa shape index (κ1) is 15.5. The van der Waals surface area contributed by atoms with Gasteiger partial charge in [0, 0.05) is 13.6 Å². The lowest BCUT2D eigenvalue weighted by atomic mass is 10.1. The topological polar surface area (TPSA) is 63.4 Å². The smallest absolute Gasteiger partial charge is 0.248 e. The van der Waals surface area contributed by atoms with Crippen LogP contribution in [0, 0.1) is 12.7 Å². The van der Waals surface area contributed by atoms with Crippen LogP contribution in [0.4, 0.5) is 10.1 Å². The molecular weight excluding hydrogens is 291 g/mol. The first-order valence-electron chi connectivity index (χ1n) is 6.38. The average molecular weight is 308 g/mol. The van der Waals surface area contributed by atoms with Gasteiger partial charge in [-0.05, 0) is 24.6 Å². The molecule has 0 radical (unpaired) electrons. The van der Waals surface area contributed by atoms with E-state index in [1.165, 1.54) is 19.2 Å². The number of aryl methyl sites for hydroxylation is 1. The molecular formula is C15H17FN2O2S. The van der Waals surface area contributed by atoms with Crippen LogP contribution < -0.4 is 5.73 Å². The van der Waals surface area contributed by atoms with E-state index in [1.807, 2.05) is 31.2 Å². The van der Waals surface area contributed by atoms with Crippen LogP contribution >= 0.6 is 0 Å². The lowest BCUT2D eigenvalue weighted by molar-refractivity contribution is 0.460. The lowest BCUT2D eigenvalue weighted by Crippen LogP contribution is -2.28. The van der Waals surface area contributed by atoms with Gasteiger partial charge in [0.05, 0.1) is 5.69 Å². The third-order valence-electron chi connectivity index (χ3n) is 3.15. The first-order chi connectivity index (χ1) is 9.82. The van der Waals surface area contributed by atoms with Crippen molar-refractivity contribution >= 4 is 15.7 Å². The minimum atomic E-state index is -3.98. The Morgan fingerprint density at radius 2 is 1.86 bits per heavy atom. The fourth-order valence-corrected chi connectivity index (χ4v) is 3.42. The molecule has 0 aromatic heterocycles. The van der Waals surface area contributed by atoms with Crippen LogP contribution in [0.5, 0.6) is 0 Å². The molecule has 2 aromatic carbocycles. The first-order valence-corrected chi connectivity index (χ1v) is 7.82. The predicted molar refractivity (Wildman–Crippen MR) is 80.6 cm³/mol. The zero-order valence-electron chi connectivity index (χ0n) is 11.9. The molecule has 0 atom stereocenters. The Hall–Kier alpha value is -1.92. The summed E-state index contributed by atoms with van der Waals surface area (Å²) in [7, 11) is -2.57. The molecule has 4 nitrogen and oxygen atoms in total. The number of halogens is 1. The second-order valence-corrected chi connectivity index (χ2v) is 6.89. The van der Waals surface area contributed by atoms with Crippen molar-refractivity contribution in [2.45, 2.75) is 18.4 Å². The van der Waals surface area contributed by atoms with Gasteiger partial charge in [0.2, 0.25) is 10.0 Å². The molecule has 0 unspecified atom stereocenters. The van der Waals surface area contributed by atoms with Crippen molar-refractivity contribution in [1.82, 2.24) is 4.31 Å². The molecule has 2 aromatic rings. The standard InChI is InChI=1S/C15H17FN2O2S/c1-11-5-3-6-12(9-11)10-18(2)21(19,20)15-13(16)7-4-8-14(15)17/h3-9H,10,17H2,1-2H3. The lowest BCUT2D eigenvalue weighted by Gasteiger charge is -2.19. The molecule has 0 bridgehead atoms. The van der Waals surface area contributed by atoms with E-state index in [-0.39, 0.29) is 12.2 Å². The van der Waals surface area contributed by atoms with Crippen molar-refractivity contribution in [3.63, 3.8) is 0 Å². The summed E-state index contributed by atoms with van der Waals surface area (Å²) in [5, 5.41) is 0. The number of nitrogen functional groups attached to an aromatic ring is 1. The second-order valence-electron chi connectivity index (χ2n) is 4.91. The van der Waals surface area contributed by atoms with Gasteiger partial charge in [-0.15, -0.1) is 0 Å². The van der Waals surface area contributed by atoms with Crippen LogP contribution in [-0.4, -0.2) is 19.8 Å². The Balaban J connectivity index is 2.35. The SMILES string of the molecule is Cc1cccc(CN(C)S(=O)(=O)c2c(N)cccc2F)c1. The highest BCUT2D eigenvalue weighted by molar-refractivity contribution is 7.89. The van der Waals surface area contributed by atoms with Gasteiger partial charge in [0.15, 0.2) is 0 Å². The number of nitrogens with two attached hydrogens (primary N) is 1. The second kappa shape index (κ2) is 5.83. The Bertz CT molecular complexity index is 740. The van der Waals surface area contributed by atoms with E-state index in [0.717, 1.165) is 21.5 Å². The van der Waals surface area contributed by atoms with Crippen LogP contribution in [0.15, 0.2) is 47.4 Å². The normalized spacial score (nSPS) is 11.8. The van der Waals surface area contributed by atoms with Crippen LogP contribution in [-0.2, 0) is 16.6 Å². The van der Waals surface area contributed by atoms with Gasteiger partial charge in [0.1, 0.15) is 10.7 Å². The molecule has 0 fully saturated rings. The molecule has 0 aliphatic heterocycles. The minimum Gasteiger partial charge on any atom is -0.398 e. The van der Waals surface area contributed by atoms with Crippen LogP contribution in [0.25, 0.3) is 0 Å². The highest BCUT2D eigenvalue weighted by Gasteiger charge is 2.27. The van der Waals surface area contributed by atoms with Crippen molar-refractivity contribution in [3.8, 4) is 0 Å². The van der Waals surface area contributed by atoms with Gasteiger partial charge in [-0.25, -0.2) is 12.8 Å². The van der Waals surface area contributed by atoms with E-state index >= 15 is 0 Å². The summed E-state index contributed by atoms with van der Waals surface area (Å²) in [6.45, 7) is 2.07. The Labute approximate surface area is 124 Å². The Morgan fingerprint density at radius 3 is 2.48 bits per heavy atom. The summed E-state index contributed by atoms with van der Waals surface area (Å²) >= 11 is 0. The Morgan fingerprint density at radius 1 is 1.19 bits per heavy atom. The highest BCUT2D eigenvalue weighted by atomic mass is 32.2. The molecule has 2 N–H and O–H groups in total. The largest absolute Gasteiger partial charge is 0.398 e. The molecule has 112 valence electrons. The third-order valence-corrected chi connectivity index (χ3v) is 5.05. The number of rotatable bonds is 4. The van der Waals surface area contributed by atoms with Crippen LogP contribution in [0.1, 0.15) is 11.1 Å². The van der Waals surface area contributed by atoms with Crippen molar-refractivity contribution < 1.29 is 12.8 Å². The third kappa shape index (κ3) is 3.22. The van der Waals surface area contributed by atoms with E-state index in [2.05, 4.69) is 0 Å². The van der Waals surface area contributed by atoms with Crippen LogP contribution in [0.3, 0.4) is 0 Å². The van der Waals surface area contributed by atoms with Gasteiger partial charge in [-0.2, -0.15) is 4.31 Å². The number of anilines is 1. The van der Waals surface area contributed by atoms with Gasteiger partial charge < -0.3 is 5.73 Å². The van der Waals surface area contributed by atoms with E-state index in [1.54, 1.807) is 0 Å². The molecule has 21 heavy (non-hydrogen) atoms. The van der Waals surface area contributed by atoms with Gasteiger partial charge in [0.25, 0.3) is 0 Å². The van der Waals surface area contributed by atoms with E-state index in [9.17, 15) is 12.8 Å². The summed E-state index contributed by atoms with van der Waals surface area (Å²) in [4.78, 5) is -0.472. The zero-order chi connectivity index (χ0) is 15.6. The summed E-state index contributed by atoms with van der Waals surface area (Å²) in [5.74, 6) is -0.842. The van der Waals surface area contributed by atoms with Crippen molar-refractivity contribution in [1.29, 1.82) is 0 Å².